The van der Waals surface area contributed by atoms with E-state index < -0.39 is 5.91 Å². The molecule has 0 bridgehead atoms. The Morgan fingerprint density at radius 1 is 1.26 bits per heavy atom. The highest BCUT2D eigenvalue weighted by molar-refractivity contribution is 5.91. The SMILES string of the molecule is Cc1cc(NC(=O)COc2ccc(F)cc2)n(-c2nc(C)c(C)c(=O)[nH]2)n1. The number of amides is 1. The zero-order valence-corrected chi connectivity index (χ0v) is 15.0. The molecule has 0 aliphatic heterocycles. The molecule has 27 heavy (non-hydrogen) atoms. The Kier molecular flexibility index (Phi) is 5.02. The van der Waals surface area contributed by atoms with E-state index in [1.165, 1.54) is 28.9 Å². The van der Waals surface area contributed by atoms with Gasteiger partial charge in [0, 0.05) is 17.3 Å². The first-order valence-electron chi connectivity index (χ1n) is 8.16. The van der Waals surface area contributed by atoms with E-state index in [0.717, 1.165) is 0 Å². The molecule has 0 saturated carbocycles. The van der Waals surface area contributed by atoms with Crippen LogP contribution in [0.2, 0.25) is 0 Å². The Morgan fingerprint density at radius 3 is 2.63 bits per heavy atom. The van der Waals surface area contributed by atoms with E-state index in [1.54, 1.807) is 26.8 Å². The number of aromatic amines is 1. The molecule has 140 valence electrons. The lowest BCUT2D eigenvalue weighted by Crippen LogP contribution is -2.23. The van der Waals surface area contributed by atoms with Crippen molar-refractivity contribution in [3.8, 4) is 11.7 Å². The highest BCUT2D eigenvalue weighted by atomic mass is 19.1. The number of rotatable bonds is 5. The molecule has 2 aromatic heterocycles. The number of aryl methyl sites for hydroxylation is 2. The lowest BCUT2D eigenvalue weighted by atomic mass is 10.3. The van der Waals surface area contributed by atoms with Crippen LogP contribution in [0.3, 0.4) is 0 Å². The van der Waals surface area contributed by atoms with Gasteiger partial charge >= 0.3 is 0 Å². The maximum atomic E-state index is 12.9. The first-order chi connectivity index (χ1) is 12.8. The summed E-state index contributed by atoms with van der Waals surface area (Å²) in [5.74, 6) is 0.0849. The van der Waals surface area contributed by atoms with Gasteiger partial charge in [-0.05, 0) is 45.0 Å². The summed E-state index contributed by atoms with van der Waals surface area (Å²) in [4.78, 5) is 31.1. The lowest BCUT2D eigenvalue weighted by Gasteiger charge is -2.10. The predicted molar refractivity (Wildman–Crippen MR) is 96.7 cm³/mol. The molecule has 0 saturated heterocycles. The number of carbonyl (C=O) groups is 1. The van der Waals surface area contributed by atoms with Crippen molar-refractivity contribution in [1.29, 1.82) is 0 Å². The maximum Gasteiger partial charge on any atom is 0.263 e. The second-order valence-corrected chi connectivity index (χ2v) is 5.97. The first kappa shape index (κ1) is 18.3. The molecule has 0 aliphatic rings. The molecule has 2 N–H and O–H groups in total. The highest BCUT2D eigenvalue weighted by Gasteiger charge is 2.14. The third kappa shape index (κ3) is 4.20. The van der Waals surface area contributed by atoms with Crippen LogP contribution in [0, 0.1) is 26.6 Å². The molecule has 0 aliphatic carbocycles. The van der Waals surface area contributed by atoms with E-state index in [-0.39, 0.29) is 23.9 Å². The topological polar surface area (TPSA) is 102 Å². The summed E-state index contributed by atoms with van der Waals surface area (Å²) >= 11 is 0. The molecular formula is C18H18FN5O3. The average molecular weight is 371 g/mol. The minimum Gasteiger partial charge on any atom is -0.484 e. The van der Waals surface area contributed by atoms with E-state index in [0.29, 0.717) is 28.5 Å². The number of benzene rings is 1. The number of anilines is 1. The number of nitrogens with zero attached hydrogens (tertiary/aromatic N) is 3. The number of carbonyl (C=O) groups excluding carboxylic acids is 1. The molecule has 8 nitrogen and oxygen atoms in total. The standard InChI is InChI=1S/C18H18FN5O3/c1-10-8-15(21-16(25)9-27-14-6-4-13(19)5-7-14)24(23-10)18-20-12(3)11(2)17(26)22-18/h4-8H,9H2,1-3H3,(H,21,25)(H,20,22,26). The van der Waals surface area contributed by atoms with Crippen LogP contribution in [0.15, 0.2) is 35.1 Å². The minimum absolute atomic E-state index is 0.200. The van der Waals surface area contributed by atoms with E-state index in [2.05, 4.69) is 20.4 Å². The van der Waals surface area contributed by atoms with Gasteiger partial charge in [-0.3, -0.25) is 14.6 Å². The van der Waals surface area contributed by atoms with Crippen molar-refractivity contribution >= 4 is 11.7 Å². The van der Waals surface area contributed by atoms with Crippen LogP contribution < -0.4 is 15.6 Å². The van der Waals surface area contributed by atoms with Gasteiger partial charge in [-0.2, -0.15) is 9.78 Å². The van der Waals surface area contributed by atoms with Gasteiger partial charge in [0.25, 0.3) is 11.5 Å². The third-order valence-electron chi connectivity index (χ3n) is 3.87. The Balaban J connectivity index is 1.77. The third-order valence-corrected chi connectivity index (χ3v) is 3.87. The molecule has 0 radical (unpaired) electrons. The molecule has 0 unspecified atom stereocenters. The first-order valence-corrected chi connectivity index (χ1v) is 8.16. The fourth-order valence-electron chi connectivity index (χ4n) is 2.34. The molecular weight excluding hydrogens is 353 g/mol. The van der Waals surface area contributed by atoms with Crippen LogP contribution in [0.25, 0.3) is 5.95 Å². The summed E-state index contributed by atoms with van der Waals surface area (Å²) in [6.45, 7) is 4.88. The van der Waals surface area contributed by atoms with Crippen LogP contribution in [-0.4, -0.2) is 32.3 Å². The van der Waals surface area contributed by atoms with Gasteiger partial charge in [-0.1, -0.05) is 0 Å². The van der Waals surface area contributed by atoms with Gasteiger partial charge in [0.1, 0.15) is 17.4 Å². The summed E-state index contributed by atoms with van der Waals surface area (Å²) in [7, 11) is 0. The van der Waals surface area contributed by atoms with Gasteiger partial charge in [0.15, 0.2) is 6.61 Å². The second-order valence-electron chi connectivity index (χ2n) is 5.97. The quantitative estimate of drug-likeness (QED) is 0.715. The molecule has 3 rings (SSSR count). The largest absolute Gasteiger partial charge is 0.484 e. The summed E-state index contributed by atoms with van der Waals surface area (Å²) in [6.07, 6.45) is 0. The van der Waals surface area contributed by atoms with Crippen LogP contribution >= 0.6 is 0 Å². The number of H-pyrrole nitrogens is 1. The van der Waals surface area contributed by atoms with Crippen LogP contribution in [0.4, 0.5) is 10.2 Å². The number of hydrogen-bond donors (Lipinski definition) is 2. The van der Waals surface area contributed by atoms with Crippen molar-refractivity contribution in [1.82, 2.24) is 19.7 Å². The smallest absolute Gasteiger partial charge is 0.263 e. The van der Waals surface area contributed by atoms with E-state index >= 15 is 0 Å². The van der Waals surface area contributed by atoms with Gasteiger partial charge < -0.3 is 10.1 Å². The second kappa shape index (κ2) is 7.40. The normalized spacial score (nSPS) is 10.7. The van der Waals surface area contributed by atoms with Crippen molar-refractivity contribution in [3.05, 3.63) is 63.5 Å². The molecule has 1 aromatic carbocycles. The zero-order chi connectivity index (χ0) is 19.6. The van der Waals surface area contributed by atoms with Crippen molar-refractivity contribution < 1.29 is 13.9 Å². The molecule has 0 atom stereocenters. The number of ether oxygens (including phenoxy) is 1. The predicted octanol–water partition coefficient (Wildman–Crippen LogP) is 2.04. The van der Waals surface area contributed by atoms with Crippen molar-refractivity contribution in [2.45, 2.75) is 20.8 Å². The number of aromatic nitrogens is 4. The van der Waals surface area contributed by atoms with Crippen molar-refractivity contribution in [2.75, 3.05) is 11.9 Å². The monoisotopic (exact) mass is 371 g/mol. The lowest BCUT2D eigenvalue weighted by molar-refractivity contribution is -0.118. The van der Waals surface area contributed by atoms with E-state index in [4.69, 9.17) is 4.74 Å². The van der Waals surface area contributed by atoms with Crippen LogP contribution in [-0.2, 0) is 4.79 Å². The molecule has 9 heteroatoms. The summed E-state index contributed by atoms with van der Waals surface area (Å²) < 4.78 is 19.6. The van der Waals surface area contributed by atoms with Gasteiger partial charge in [0.2, 0.25) is 5.95 Å². The Morgan fingerprint density at radius 2 is 1.96 bits per heavy atom. The summed E-state index contributed by atoms with van der Waals surface area (Å²) in [6, 6.07) is 6.99. The van der Waals surface area contributed by atoms with Crippen LogP contribution in [0.5, 0.6) is 5.75 Å². The van der Waals surface area contributed by atoms with Crippen LogP contribution in [0.1, 0.15) is 17.0 Å². The maximum absolute atomic E-state index is 12.9. The number of halogens is 1. The van der Waals surface area contributed by atoms with Gasteiger partial charge in [-0.25, -0.2) is 9.37 Å². The molecule has 1 amide bonds. The molecule has 0 fully saturated rings. The molecule has 3 aromatic rings. The van der Waals surface area contributed by atoms with Crippen molar-refractivity contribution in [2.24, 2.45) is 0 Å². The van der Waals surface area contributed by atoms with Crippen molar-refractivity contribution in [3.63, 3.8) is 0 Å². The Bertz CT molecular complexity index is 1040. The van der Waals surface area contributed by atoms with E-state index in [9.17, 15) is 14.0 Å². The fourth-order valence-corrected chi connectivity index (χ4v) is 2.34. The summed E-state index contributed by atoms with van der Waals surface area (Å²) in [5, 5.41) is 6.93. The molecule has 0 spiro atoms. The number of nitrogens with one attached hydrogen (secondary N) is 2. The number of hydrogen-bond acceptors (Lipinski definition) is 5. The average Bonchev–Trinajstić information content (AvgIpc) is 2.99. The molecule has 2 heterocycles. The highest BCUT2D eigenvalue weighted by Crippen LogP contribution is 2.15. The van der Waals surface area contributed by atoms with Gasteiger partial charge in [0.05, 0.1) is 5.69 Å². The fraction of sp³-hybridized carbons (Fsp3) is 0.222. The van der Waals surface area contributed by atoms with Gasteiger partial charge in [-0.15, -0.1) is 0 Å². The Labute approximate surface area is 154 Å². The minimum atomic E-state index is -0.438. The summed E-state index contributed by atoms with van der Waals surface area (Å²) in [5.41, 5.74) is 1.44. The van der Waals surface area contributed by atoms with E-state index in [1.807, 2.05) is 0 Å². The zero-order valence-electron chi connectivity index (χ0n) is 15.0. The Hall–Kier alpha value is -3.49.